The molecule has 0 saturated carbocycles. The molecule has 4 nitrogen and oxygen atoms in total. The number of nitrogens with one attached hydrogen (secondary N) is 1. The van der Waals surface area contributed by atoms with Gasteiger partial charge >= 0.3 is 0 Å². The summed E-state index contributed by atoms with van der Waals surface area (Å²) in [6, 6.07) is 20.8. The molecule has 4 rings (SSSR count). The Bertz CT molecular complexity index is 1050. The maximum Gasteiger partial charge on any atom is 0.132 e. The van der Waals surface area contributed by atoms with Crippen LogP contribution in [-0.4, -0.2) is 18.8 Å². The molecule has 168 valence electrons. The third kappa shape index (κ3) is 4.95. The predicted molar refractivity (Wildman–Crippen MR) is 124 cm³/mol. The molecule has 32 heavy (non-hydrogen) atoms. The minimum Gasteiger partial charge on any atom is -0.485 e. The van der Waals surface area contributed by atoms with Crippen LogP contribution in [0.4, 0.5) is 10.1 Å². The highest BCUT2D eigenvalue weighted by atomic mass is 19.1. The number of anilines is 1. The van der Waals surface area contributed by atoms with Crippen molar-refractivity contribution in [2.45, 2.75) is 51.7 Å². The number of halogens is 1. The van der Waals surface area contributed by atoms with E-state index in [2.05, 4.69) is 36.5 Å². The van der Waals surface area contributed by atoms with Gasteiger partial charge in [0.15, 0.2) is 0 Å². The lowest BCUT2D eigenvalue weighted by Gasteiger charge is -2.44. The minimum absolute atomic E-state index is 0.234. The third-order valence-corrected chi connectivity index (χ3v) is 5.86. The van der Waals surface area contributed by atoms with Crippen LogP contribution in [0.1, 0.15) is 42.2 Å². The topological polar surface area (TPSA) is 39.7 Å². The first kappa shape index (κ1) is 22.3. The number of hydrogen-bond acceptors (Lipinski definition) is 4. The molecule has 3 aromatic rings. The Kier molecular flexibility index (Phi) is 6.49. The Morgan fingerprint density at radius 3 is 2.34 bits per heavy atom. The SMILES string of the molecule is COC1c2cc(NCc3ccc(F)cc3)ccc2OC(C)(C)C1OCc1ccc(C)cc1. The van der Waals surface area contributed by atoms with Crippen LogP contribution in [0.3, 0.4) is 0 Å². The summed E-state index contributed by atoms with van der Waals surface area (Å²) in [5.74, 6) is 0.561. The van der Waals surface area contributed by atoms with Gasteiger partial charge in [-0.3, -0.25) is 0 Å². The summed E-state index contributed by atoms with van der Waals surface area (Å²) in [6.45, 7) is 7.21. The maximum atomic E-state index is 13.1. The third-order valence-electron chi connectivity index (χ3n) is 5.86. The smallest absolute Gasteiger partial charge is 0.132 e. The molecule has 5 heteroatoms. The van der Waals surface area contributed by atoms with Crippen LogP contribution in [0.25, 0.3) is 0 Å². The molecule has 0 fully saturated rings. The fraction of sp³-hybridized carbons (Fsp3) is 0.333. The fourth-order valence-corrected chi connectivity index (χ4v) is 4.06. The van der Waals surface area contributed by atoms with Gasteiger partial charge in [0.25, 0.3) is 0 Å². The first-order valence-corrected chi connectivity index (χ1v) is 10.9. The van der Waals surface area contributed by atoms with Crippen LogP contribution in [0.2, 0.25) is 0 Å². The van der Waals surface area contributed by atoms with Crippen molar-refractivity contribution in [2.75, 3.05) is 12.4 Å². The lowest BCUT2D eigenvalue weighted by atomic mass is 9.88. The zero-order valence-electron chi connectivity index (χ0n) is 19.0. The Labute approximate surface area is 189 Å². The molecule has 2 atom stereocenters. The largest absolute Gasteiger partial charge is 0.485 e. The van der Waals surface area contributed by atoms with E-state index in [0.717, 1.165) is 28.1 Å². The van der Waals surface area contributed by atoms with Crippen molar-refractivity contribution in [3.8, 4) is 5.75 Å². The van der Waals surface area contributed by atoms with Crippen molar-refractivity contribution in [3.05, 3.63) is 94.8 Å². The van der Waals surface area contributed by atoms with Crippen molar-refractivity contribution in [1.29, 1.82) is 0 Å². The van der Waals surface area contributed by atoms with Crippen LogP contribution in [-0.2, 0) is 22.6 Å². The molecule has 3 aromatic carbocycles. The average molecular weight is 436 g/mol. The van der Waals surface area contributed by atoms with Crippen LogP contribution < -0.4 is 10.1 Å². The highest BCUT2D eigenvalue weighted by molar-refractivity contribution is 5.53. The Hall–Kier alpha value is -2.89. The van der Waals surface area contributed by atoms with Crippen molar-refractivity contribution in [1.82, 2.24) is 0 Å². The molecular weight excluding hydrogens is 405 g/mol. The number of aryl methyl sites for hydroxylation is 1. The van der Waals surface area contributed by atoms with Crippen LogP contribution in [0, 0.1) is 12.7 Å². The Morgan fingerprint density at radius 2 is 1.66 bits per heavy atom. The molecule has 1 aliphatic rings. The Balaban J connectivity index is 1.52. The lowest BCUT2D eigenvalue weighted by molar-refractivity contribution is -0.159. The first-order chi connectivity index (χ1) is 15.4. The molecule has 0 aliphatic carbocycles. The van der Waals surface area contributed by atoms with Crippen LogP contribution in [0.5, 0.6) is 5.75 Å². The van der Waals surface area contributed by atoms with Gasteiger partial charge in [-0.25, -0.2) is 4.39 Å². The van der Waals surface area contributed by atoms with Gasteiger partial charge in [-0.15, -0.1) is 0 Å². The number of ether oxygens (including phenoxy) is 3. The summed E-state index contributed by atoms with van der Waals surface area (Å²) in [5.41, 5.74) is 4.67. The standard InChI is InChI=1S/C27H30FNO3/c1-18-5-7-20(8-6-18)17-31-26-25(30-4)23-15-22(13-14-24(23)32-27(26,2)3)29-16-19-9-11-21(28)12-10-19/h5-15,25-26,29H,16-17H2,1-4H3. The summed E-state index contributed by atoms with van der Waals surface area (Å²) in [5, 5.41) is 3.40. The molecule has 0 bridgehead atoms. The molecule has 0 spiro atoms. The highest BCUT2D eigenvalue weighted by Crippen LogP contribution is 2.44. The van der Waals surface area contributed by atoms with Gasteiger partial charge in [0.2, 0.25) is 0 Å². The fourth-order valence-electron chi connectivity index (χ4n) is 4.06. The van der Waals surface area contributed by atoms with E-state index in [4.69, 9.17) is 14.2 Å². The quantitative estimate of drug-likeness (QED) is 0.480. The van der Waals surface area contributed by atoms with Gasteiger partial charge in [-0.2, -0.15) is 0 Å². The second-order valence-corrected chi connectivity index (χ2v) is 8.81. The number of hydrogen-bond donors (Lipinski definition) is 1. The molecule has 0 radical (unpaired) electrons. The summed E-state index contributed by atoms with van der Waals surface area (Å²) in [6.07, 6.45) is -0.555. The van der Waals surface area contributed by atoms with E-state index in [1.165, 1.54) is 17.7 Å². The van der Waals surface area contributed by atoms with Crippen LogP contribution >= 0.6 is 0 Å². The van der Waals surface area contributed by atoms with Gasteiger partial charge < -0.3 is 19.5 Å². The second kappa shape index (κ2) is 9.31. The van der Waals surface area contributed by atoms with Gasteiger partial charge in [-0.1, -0.05) is 42.0 Å². The van der Waals surface area contributed by atoms with Crippen molar-refractivity contribution < 1.29 is 18.6 Å². The van der Waals surface area contributed by atoms with Crippen molar-refractivity contribution in [2.24, 2.45) is 0 Å². The molecule has 2 unspecified atom stereocenters. The Morgan fingerprint density at radius 1 is 0.969 bits per heavy atom. The van der Waals surface area contributed by atoms with Gasteiger partial charge in [-0.05, 0) is 62.2 Å². The molecule has 0 aromatic heterocycles. The van der Waals surface area contributed by atoms with Gasteiger partial charge in [0.05, 0.1) is 6.61 Å². The van der Waals surface area contributed by atoms with Gasteiger partial charge in [0.1, 0.15) is 29.4 Å². The molecule has 1 N–H and O–H groups in total. The summed E-state index contributed by atoms with van der Waals surface area (Å²) < 4.78 is 31.8. The van der Waals surface area contributed by atoms with Crippen LogP contribution in [0.15, 0.2) is 66.7 Å². The lowest BCUT2D eigenvalue weighted by Crippen LogP contribution is -2.50. The zero-order chi connectivity index (χ0) is 22.7. The van der Waals surface area contributed by atoms with E-state index in [1.54, 1.807) is 19.2 Å². The summed E-state index contributed by atoms with van der Waals surface area (Å²) in [4.78, 5) is 0. The van der Waals surface area contributed by atoms with E-state index < -0.39 is 5.60 Å². The normalized spacial score (nSPS) is 19.2. The summed E-state index contributed by atoms with van der Waals surface area (Å²) >= 11 is 0. The second-order valence-electron chi connectivity index (χ2n) is 8.81. The van der Waals surface area contributed by atoms with E-state index in [1.807, 2.05) is 32.0 Å². The van der Waals surface area contributed by atoms with Gasteiger partial charge in [0, 0.05) is 24.9 Å². The molecule has 0 saturated heterocycles. The van der Waals surface area contributed by atoms with E-state index in [0.29, 0.717) is 13.2 Å². The van der Waals surface area contributed by atoms with E-state index in [9.17, 15) is 4.39 Å². The molecule has 0 amide bonds. The minimum atomic E-state index is -0.554. The maximum absolute atomic E-state index is 13.1. The van der Waals surface area contributed by atoms with E-state index in [-0.39, 0.29) is 18.0 Å². The average Bonchev–Trinajstić information content (AvgIpc) is 2.78. The summed E-state index contributed by atoms with van der Waals surface area (Å²) in [7, 11) is 1.71. The monoisotopic (exact) mass is 435 g/mol. The molecule has 1 aliphatic heterocycles. The highest BCUT2D eigenvalue weighted by Gasteiger charge is 2.45. The number of rotatable bonds is 7. The zero-order valence-corrected chi connectivity index (χ0v) is 19.0. The van der Waals surface area contributed by atoms with Crippen molar-refractivity contribution in [3.63, 3.8) is 0 Å². The van der Waals surface area contributed by atoms with Crippen molar-refractivity contribution >= 4 is 5.69 Å². The molecule has 1 heterocycles. The number of fused-ring (bicyclic) bond motifs is 1. The predicted octanol–water partition coefficient (Wildman–Crippen LogP) is 6.19. The number of methoxy groups -OCH3 is 1. The van der Waals surface area contributed by atoms with E-state index >= 15 is 0 Å². The number of benzene rings is 3. The molecular formula is C27H30FNO3. The first-order valence-electron chi connectivity index (χ1n) is 10.9.